The molecule has 41 heavy (non-hydrogen) atoms. The Bertz CT molecular complexity index is 1080. The lowest BCUT2D eigenvalue weighted by atomic mass is 10.2. The summed E-state index contributed by atoms with van der Waals surface area (Å²) < 4.78 is 0. The maximum atomic E-state index is 12.2. The second-order valence-corrected chi connectivity index (χ2v) is 9.31. The van der Waals surface area contributed by atoms with Crippen LogP contribution in [-0.4, -0.2) is 42.0 Å². The number of amides is 3. The molecule has 222 valence electrons. The summed E-state index contributed by atoms with van der Waals surface area (Å²) in [6.45, 7) is 4.16. The third-order valence-electron chi connectivity index (χ3n) is 5.76. The molecule has 1 aromatic carbocycles. The molecule has 0 radical (unpaired) electrons. The zero-order valence-corrected chi connectivity index (χ0v) is 24.6. The number of rotatable bonds is 20. The monoisotopic (exact) mass is 561 g/mol. The lowest BCUT2D eigenvalue weighted by Gasteiger charge is -2.14. The number of para-hydroxylation sites is 1. The lowest BCUT2D eigenvalue weighted by molar-refractivity contribution is -0.128. The highest BCUT2D eigenvalue weighted by Gasteiger charge is 2.15. The van der Waals surface area contributed by atoms with E-state index in [9.17, 15) is 19.5 Å². The van der Waals surface area contributed by atoms with Crippen LogP contribution in [0.1, 0.15) is 75.6 Å². The van der Waals surface area contributed by atoms with Crippen molar-refractivity contribution in [2.24, 2.45) is 0 Å². The number of hydrogen-bond donors (Lipinski definition) is 4. The Morgan fingerprint density at radius 3 is 1.76 bits per heavy atom. The summed E-state index contributed by atoms with van der Waals surface area (Å²) in [4.78, 5) is 36.3. The number of phenols is 1. The zero-order chi connectivity index (χ0) is 30.0. The van der Waals surface area contributed by atoms with Crippen LogP contribution in [-0.2, 0) is 9.59 Å². The molecule has 0 bridgehead atoms. The average Bonchev–Trinajstić information content (AvgIpc) is 2.96. The fourth-order valence-electron chi connectivity index (χ4n) is 3.51. The van der Waals surface area contributed by atoms with Crippen molar-refractivity contribution in [1.29, 1.82) is 0 Å². The molecule has 0 aromatic heterocycles. The van der Waals surface area contributed by atoms with Gasteiger partial charge in [0.15, 0.2) is 0 Å². The van der Waals surface area contributed by atoms with Crippen molar-refractivity contribution < 1.29 is 19.5 Å². The largest absolute Gasteiger partial charge is 0.507 e. The Labute approximate surface area is 245 Å². The SMILES string of the molecule is CC/C=C\C/C=C\C/C=C\C/C=C\C/C=C\C/C=C\CCC(=O)N[C@@H](C)C(=O)NCCNC(=O)c1ccccc1O. The van der Waals surface area contributed by atoms with E-state index in [1.165, 1.54) is 12.1 Å². The first-order valence-corrected chi connectivity index (χ1v) is 14.5. The van der Waals surface area contributed by atoms with Crippen molar-refractivity contribution in [3.63, 3.8) is 0 Å². The quantitative estimate of drug-likeness (QED) is 0.112. The van der Waals surface area contributed by atoms with E-state index in [-0.39, 0.29) is 36.2 Å². The topological polar surface area (TPSA) is 108 Å². The van der Waals surface area contributed by atoms with Crippen molar-refractivity contribution in [1.82, 2.24) is 16.0 Å². The molecular weight excluding hydrogens is 514 g/mol. The van der Waals surface area contributed by atoms with Gasteiger partial charge in [-0.15, -0.1) is 0 Å². The van der Waals surface area contributed by atoms with Crippen molar-refractivity contribution in [2.75, 3.05) is 13.1 Å². The summed E-state index contributed by atoms with van der Waals surface area (Å²) in [5, 5.41) is 17.7. The second kappa shape index (κ2) is 23.7. The molecule has 1 rings (SSSR count). The van der Waals surface area contributed by atoms with E-state index in [4.69, 9.17) is 0 Å². The van der Waals surface area contributed by atoms with Gasteiger partial charge in [0.1, 0.15) is 11.8 Å². The molecule has 1 atom stereocenters. The first kappa shape index (κ1) is 34.9. The van der Waals surface area contributed by atoms with Crippen LogP contribution in [0.25, 0.3) is 0 Å². The van der Waals surface area contributed by atoms with Crippen LogP contribution in [0, 0.1) is 0 Å². The third kappa shape index (κ3) is 18.7. The van der Waals surface area contributed by atoms with Crippen LogP contribution in [0.5, 0.6) is 5.75 Å². The average molecular weight is 562 g/mol. The number of hydrogen-bond acceptors (Lipinski definition) is 4. The van der Waals surface area contributed by atoms with Gasteiger partial charge in [0.05, 0.1) is 5.56 Å². The first-order valence-electron chi connectivity index (χ1n) is 14.5. The van der Waals surface area contributed by atoms with Crippen LogP contribution in [0.4, 0.5) is 0 Å². The molecule has 7 heteroatoms. The maximum Gasteiger partial charge on any atom is 0.255 e. The summed E-state index contributed by atoms with van der Waals surface area (Å²) in [6, 6.07) is 5.56. The molecular formula is C34H47N3O4. The predicted molar refractivity (Wildman–Crippen MR) is 169 cm³/mol. The van der Waals surface area contributed by atoms with E-state index in [0.29, 0.717) is 12.8 Å². The Kier molecular flexibility index (Phi) is 20.2. The number of nitrogens with one attached hydrogen (secondary N) is 3. The zero-order valence-electron chi connectivity index (χ0n) is 24.6. The van der Waals surface area contributed by atoms with Gasteiger partial charge in [-0.1, -0.05) is 92.0 Å². The lowest BCUT2D eigenvalue weighted by Crippen LogP contribution is -2.46. The number of allylic oxidation sites excluding steroid dienone is 12. The van der Waals surface area contributed by atoms with E-state index in [1.807, 2.05) is 12.2 Å². The van der Waals surface area contributed by atoms with Gasteiger partial charge in [-0.3, -0.25) is 14.4 Å². The fraction of sp³-hybridized carbons (Fsp3) is 0.382. The maximum absolute atomic E-state index is 12.2. The Morgan fingerprint density at radius 1 is 0.732 bits per heavy atom. The minimum atomic E-state index is -0.679. The third-order valence-corrected chi connectivity index (χ3v) is 5.76. The minimum Gasteiger partial charge on any atom is -0.507 e. The number of carbonyl (C=O) groups is 3. The van der Waals surface area contributed by atoms with Gasteiger partial charge in [-0.2, -0.15) is 0 Å². The summed E-state index contributed by atoms with van der Waals surface area (Å²) in [7, 11) is 0. The molecule has 0 heterocycles. The smallest absolute Gasteiger partial charge is 0.255 e. The molecule has 7 nitrogen and oxygen atoms in total. The Balaban J connectivity index is 2.07. The predicted octanol–water partition coefficient (Wildman–Crippen LogP) is 6.22. The molecule has 0 spiro atoms. The first-order chi connectivity index (χ1) is 20.0. The number of phenolic OH excluding ortho intramolecular Hbond substituents is 1. The van der Waals surface area contributed by atoms with Crippen LogP contribution < -0.4 is 16.0 Å². The number of aromatic hydroxyl groups is 1. The highest BCUT2D eigenvalue weighted by atomic mass is 16.3. The van der Waals surface area contributed by atoms with Gasteiger partial charge in [-0.05, 0) is 64.0 Å². The van der Waals surface area contributed by atoms with Gasteiger partial charge in [-0.25, -0.2) is 0 Å². The van der Waals surface area contributed by atoms with Crippen molar-refractivity contribution >= 4 is 17.7 Å². The van der Waals surface area contributed by atoms with Crippen LogP contribution in [0.3, 0.4) is 0 Å². The Hall–Kier alpha value is -4.13. The van der Waals surface area contributed by atoms with Gasteiger partial charge in [0, 0.05) is 19.5 Å². The van der Waals surface area contributed by atoms with Gasteiger partial charge in [0.2, 0.25) is 11.8 Å². The standard InChI is InChI=1S/C34H47N3O4/c1-3-4-5-6-7-8-9-10-11-12-13-14-15-16-17-18-19-20-21-26-32(39)37-29(2)33(40)35-27-28-36-34(41)30-24-22-23-25-31(30)38/h4-5,7-8,10-11,13-14,16-17,19-20,22-25,29,38H,3,6,9,12,15,18,21,26-28H2,1-2H3,(H,35,40)(H,36,41)(H,37,39)/b5-4-,8-7-,11-10-,14-13-,17-16-,20-19-/t29-/m0/s1. The van der Waals surface area contributed by atoms with E-state index in [2.05, 4.69) is 83.6 Å². The highest BCUT2D eigenvalue weighted by Crippen LogP contribution is 2.14. The Morgan fingerprint density at radius 2 is 1.22 bits per heavy atom. The fourth-order valence-corrected chi connectivity index (χ4v) is 3.51. The molecule has 4 N–H and O–H groups in total. The summed E-state index contributed by atoms with van der Waals surface area (Å²) in [5.41, 5.74) is 0.173. The van der Waals surface area contributed by atoms with Crippen molar-refractivity contribution in [3.05, 3.63) is 103 Å². The molecule has 0 aliphatic heterocycles. The van der Waals surface area contributed by atoms with Crippen LogP contribution >= 0.6 is 0 Å². The molecule has 0 saturated heterocycles. The summed E-state index contributed by atoms with van der Waals surface area (Å²) in [5.74, 6) is -1.05. The van der Waals surface area contributed by atoms with Gasteiger partial charge >= 0.3 is 0 Å². The molecule has 0 fully saturated rings. The molecule has 0 aliphatic carbocycles. The van der Waals surface area contributed by atoms with Crippen molar-refractivity contribution in [3.8, 4) is 5.75 Å². The van der Waals surface area contributed by atoms with E-state index in [1.54, 1.807) is 19.1 Å². The normalized spacial score (nSPS) is 12.8. The molecule has 0 saturated carbocycles. The van der Waals surface area contributed by atoms with Gasteiger partial charge < -0.3 is 21.1 Å². The molecule has 0 unspecified atom stereocenters. The second-order valence-electron chi connectivity index (χ2n) is 9.31. The van der Waals surface area contributed by atoms with Crippen LogP contribution in [0.15, 0.2) is 97.2 Å². The summed E-state index contributed by atoms with van der Waals surface area (Å²) in [6.07, 6.45) is 32.3. The molecule has 3 amide bonds. The van der Waals surface area contributed by atoms with E-state index in [0.717, 1.165) is 38.5 Å². The summed E-state index contributed by atoms with van der Waals surface area (Å²) >= 11 is 0. The van der Waals surface area contributed by atoms with Gasteiger partial charge in [0.25, 0.3) is 5.91 Å². The van der Waals surface area contributed by atoms with E-state index < -0.39 is 11.9 Å². The minimum absolute atomic E-state index is 0.102. The van der Waals surface area contributed by atoms with E-state index >= 15 is 0 Å². The molecule has 1 aromatic rings. The molecule has 0 aliphatic rings. The van der Waals surface area contributed by atoms with Crippen LogP contribution in [0.2, 0.25) is 0 Å². The number of carbonyl (C=O) groups excluding carboxylic acids is 3. The highest BCUT2D eigenvalue weighted by molar-refractivity contribution is 5.96. The number of benzene rings is 1. The van der Waals surface area contributed by atoms with Crippen molar-refractivity contribution in [2.45, 2.75) is 71.3 Å².